The maximum atomic E-state index is 3.90. The number of hydrogen-bond donors (Lipinski definition) is 0. The molecule has 0 N–H and O–H groups in total. The normalized spacial score (nSPS) is 6.62. The first-order valence-electron chi connectivity index (χ1n) is 1.68. The molecule has 0 aliphatic rings. The van der Waals surface area contributed by atoms with Gasteiger partial charge in [0.2, 0.25) is 0 Å². The van der Waals surface area contributed by atoms with Crippen LogP contribution < -0.4 is 0 Å². The van der Waals surface area contributed by atoms with Crippen LogP contribution in [0.15, 0.2) is 5.38 Å². The first-order valence-corrected chi connectivity index (χ1v) is 2.52. The molecule has 0 fully saturated rings. The molecule has 0 amide bonds. The van der Waals surface area contributed by atoms with Crippen molar-refractivity contribution < 1.29 is 32.7 Å². The van der Waals surface area contributed by atoms with Crippen LogP contribution in [-0.2, 0) is 32.7 Å². The molecule has 1 rings (SSSR count). The molecular formula is C5H7NSY-2. The van der Waals surface area contributed by atoms with Crippen molar-refractivity contribution in [3.05, 3.63) is 24.6 Å². The Balaban J connectivity index is 0. The summed E-state index contributed by atoms with van der Waals surface area (Å²) in [6.45, 7) is 1.93. The van der Waals surface area contributed by atoms with E-state index in [1.165, 1.54) is 11.5 Å². The Labute approximate surface area is 79.6 Å². The number of aromatic nitrogens is 1. The topological polar surface area (TPSA) is 12.9 Å². The molecule has 1 nitrogen and oxygen atoms in total. The summed E-state index contributed by atoms with van der Waals surface area (Å²) in [6, 6.07) is 2.91. The largest absolute Gasteiger partial charge is 0.437 e. The summed E-state index contributed by atoms with van der Waals surface area (Å²) in [5, 5.41) is 1.84. The van der Waals surface area contributed by atoms with Crippen molar-refractivity contribution in [1.29, 1.82) is 0 Å². The standard InChI is InChI=1S/C4H4NS.CH3.Y/c1-4-2-3-6-5-4;;/h3H,1H3;1H3;/q2*-1;. The number of hydrogen-bond acceptors (Lipinski definition) is 2. The van der Waals surface area contributed by atoms with E-state index in [1.807, 2.05) is 12.3 Å². The van der Waals surface area contributed by atoms with Crippen LogP contribution in [0.2, 0.25) is 0 Å². The summed E-state index contributed by atoms with van der Waals surface area (Å²) in [5.74, 6) is 0. The van der Waals surface area contributed by atoms with Gasteiger partial charge in [-0.05, 0) is 0 Å². The molecule has 0 saturated carbocycles. The summed E-state index contributed by atoms with van der Waals surface area (Å²) in [4.78, 5) is 0. The van der Waals surface area contributed by atoms with Crippen LogP contribution in [0, 0.1) is 20.4 Å². The van der Waals surface area contributed by atoms with E-state index >= 15 is 0 Å². The van der Waals surface area contributed by atoms with E-state index < -0.39 is 0 Å². The molecule has 0 aliphatic carbocycles. The summed E-state index contributed by atoms with van der Waals surface area (Å²) in [7, 11) is 0. The SMILES string of the molecule is Cc1[c-]csn1.[CH3-].[Y]. The summed E-state index contributed by atoms with van der Waals surface area (Å²) >= 11 is 1.43. The fourth-order valence-electron chi connectivity index (χ4n) is 0.243. The molecule has 3 heteroatoms. The van der Waals surface area contributed by atoms with Crippen LogP contribution in [0.3, 0.4) is 0 Å². The van der Waals surface area contributed by atoms with Gasteiger partial charge in [0.1, 0.15) is 0 Å². The molecule has 1 heterocycles. The third kappa shape index (κ3) is 3.70. The second-order valence-corrected chi connectivity index (χ2v) is 1.67. The summed E-state index contributed by atoms with van der Waals surface area (Å²) in [6.07, 6.45) is 0. The van der Waals surface area contributed by atoms with Gasteiger partial charge >= 0.3 is 0 Å². The fraction of sp³-hybridized carbons (Fsp3) is 0.200. The van der Waals surface area contributed by atoms with Crippen molar-refractivity contribution in [1.82, 2.24) is 4.37 Å². The molecule has 0 unspecified atom stereocenters. The average Bonchev–Trinajstić information content (AvgIpc) is 1.86. The molecule has 0 aromatic carbocycles. The van der Waals surface area contributed by atoms with Gasteiger partial charge in [-0.15, -0.1) is 5.69 Å². The van der Waals surface area contributed by atoms with Crippen LogP contribution in [0.4, 0.5) is 0 Å². The third-order valence-corrected chi connectivity index (χ3v) is 1.11. The van der Waals surface area contributed by atoms with E-state index in [1.54, 1.807) is 0 Å². The number of rotatable bonds is 0. The third-order valence-electron chi connectivity index (χ3n) is 0.510. The second-order valence-electron chi connectivity index (χ2n) is 1.04. The molecule has 1 radical (unpaired) electrons. The molecule has 1 aromatic heterocycles. The predicted octanol–water partition coefficient (Wildman–Crippen LogP) is 1.70. The zero-order valence-corrected chi connectivity index (χ0v) is 8.66. The first kappa shape index (κ1) is 11.5. The van der Waals surface area contributed by atoms with Gasteiger partial charge in [0.25, 0.3) is 0 Å². The van der Waals surface area contributed by atoms with E-state index in [-0.39, 0.29) is 40.1 Å². The molecule has 0 atom stereocenters. The van der Waals surface area contributed by atoms with E-state index in [0.717, 1.165) is 5.69 Å². The van der Waals surface area contributed by atoms with Gasteiger partial charge in [-0.3, -0.25) is 0 Å². The zero-order valence-electron chi connectivity index (χ0n) is 5.01. The monoisotopic (exact) mass is 202 g/mol. The molecule has 0 spiro atoms. The van der Waals surface area contributed by atoms with Crippen molar-refractivity contribution >= 4 is 11.5 Å². The second kappa shape index (κ2) is 5.86. The smallest absolute Gasteiger partial charge is 0 e. The van der Waals surface area contributed by atoms with Crippen molar-refractivity contribution in [3.8, 4) is 0 Å². The quantitative estimate of drug-likeness (QED) is 0.583. The maximum absolute atomic E-state index is 3.90. The fourth-order valence-corrected chi connectivity index (χ4v) is 0.730. The molecule has 0 saturated heterocycles. The van der Waals surface area contributed by atoms with Crippen molar-refractivity contribution in [2.24, 2.45) is 0 Å². The van der Waals surface area contributed by atoms with Crippen molar-refractivity contribution in [3.63, 3.8) is 0 Å². The van der Waals surface area contributed by atoms with E-state index in [0.29, 0.717) is 0 Å². The molecule has 8 heavy (non-hydrogen) atoms. The Bertz CT molecular complexity index is 116. The molecule has 0 aliphatic heterocycles. The molecule has 1 aromatic rings. The van der Waals surface area contributed by atoms with Crippen LogP contribution in [-0.4, -0.2) is 4.37 Å². The van der Waals surface area contributed by atoms with Gasteiger partial charge < -0.3 is 13.5 Å². The van der Waals surface area contributed by atoms with E-state index in [9.17, 15) is 0 Å². The van der Waals surface area contributed by atoms with Gasteiger partial charge in [-0.25, -0.2) is 4.37 Å². The number of aryl methyl sites for hydroxylation is 1. The first-order chi connectivity index (χ1) is 2.89. The predicted molar refractivity (Wildman–Crippen MR) is 32.1 cm³/mol. The van der Waals surface area contributed by atoms with Gasteiger partial charge in [-0.1, -0.05) is 18.5 Å². The minimum Gasteiger partial charge on any atom is -0.437 e. The molecule has 0 bridgehead atoms. The minimum atomic E-state index is 0. The van der Waals surface area contributed by atoms with Crippen molar-refractivity contribution in [2.45, 2.75) is 6.92 Å². The Kier molecular flexibility index (Phi) is 8.44. The average molecular weight is 202 g/mol. The van der Waals surface area contributed by atoms with E-state index in [4.69, 9.17) is 0 Å². The summed E-state index contributed by atoms with van der Waals surface area (Å²) < 4.78 is 3.90. The Morgan fingerprint density at radius 2 is 2.38 bits per heavy atom. The van der Waals surface area contributed by atoms with Crippen LogP contribution in [0.1, 0.15) is 5.69 Å². The minimum absolute atomic E-state index is 0. The van der Waals surface area contributed by atoms with E-state index in [2.05, 4.69) is 10.4 Å². The van der Waals surface area contributed by atoms with Gasteiger partial charge in [0.15, 0.2) is 0 Å². The Morgan fingerprint density at radius 1 is 1.75 bits per heavy atom. The van der Waals surface area contributed by atoms with Crippen LogP contribution in [0.5, 0.6) is 0 Å². The van der Waals surface area contributed by atoms with Crippen molar-refractivity contribution in [2.75, 3.05) is 0 Å². The zero-order chi connectivity index (χ0) is 4.41. The van der Waals surface area contributed by atoms with Gasteiger partial charge in [0, 0.05) is 32.7 Å². The molecular weight excluding hydrogens is 195 g/mol. The Hall–Kier alpha value is 0.734. The van der Waals surface area contributed by atoms with Crippen LogP contribution in [0.25, 0.3) is 0 Å². The van der Waals surface area contributed by atoms with Gasteiger partial charge in [0.05, 0.1) is 0 Å². The van der Waals surface area contributed by atoms with Crippen LogP contribution >= 0.6 is 11.5 Å². The summed E-state index contributed by atoms with van der Waals surface area (Å²) in [5.41, 5.74) is 0.986. The Morgan fingerprint density at radius 3 is 2.50 bits per heavy atom. The molecule has 43 valence electrons. The maximum Gasteiger partial charge on any atom is 0 e. The number of nitrogens with zero attached hydrogens (tertiary/aromatic N) is 1. The van der Waals surface area contributed by atoms with Gasteiger partial charge in [-0.2, -0.15) is 5.38 Å².